The summed E-state index contributed by atoms with van der Waals surface area (Å²) in [7, 11) is -4.43. The van der Waals surface area contributed by atoms with Crippen molar-refractivity contribution in [1.82, 2.24) is 29.4 Å². The molecule has 3 aromatic rings. The molecule has 1 N–H and O–H groups in total. The number of fused-ring (bicyclic) bond motifs is 4. The summed E-state index contributed by atoms with van der Waals surface area (Å²) in [5, 5.41) is 18.5. The molecule has 0 aromatic carbocycles. The topological polar surface area (TPSA) is 149 Å². The van der Waals surface area contributed by atoms with Crippen molar-refractivity contribution in [3.05, 3.63) is 18.7 Å². The van der Waals surface area contributed by atoms with Gasteiger partial charge in [-0.25, -0.2) is 14.5 Å². The van der Waals surface area contributed by atoms with Gasteiger partial charge >= 0.3 is 29.6 Å². The van der Waals surface area contributed by atoms with Gasteiger partial charge in [-0.1, -0.05) is 5.21 Å². The molecule has 0 bridgehead atoms. The molecule has 14 heteroatoms. The van der Waals surface area contributed by atoms with Gasteiger partial charge in [-0.05, 0) is 0 Å². The third-order valence-electron chi connectivity index (χ3n) is 4.07. The number of hydrogen-bond acceptors (Lipinski definition) is 10. The first-order chi connectivity index (χ1) is 11.5. The number of aliphatic hydroxyl groups is 1. The summed E-state index contributed by atoms with van der Waals surface area (Å²) >= 11 is 0. The van der Waals surface area contributed by atoms with Crippen molar-refractivity contribution in [2.75, 3.05) is 6.61 Å². The summed E-state index contributed by atoms with van der Waals surface area (Å²) in [4.78, 5) is 19.8. The molecule has 1 unspecified atom stereocenters. The van der Waals surface area contributed by atoms with E-state index in [0.717, 1.165) is 0 Å². The average molecular weight is 376 g/mol. The minimum atomic E-state index is -4.43. The van der Waals surface area contributed by atoms with Gasteiger partial charge in [0.25, 0.3) is 7.82 Å². The third kappa shape index (κ3) is 2.65. The van der Waals surface area contributed by atoms with Gasteiger partial charge < -0.3 is 23.8 Å². The summed E-state index contributed by atoms with van der Waals surface area (Å²) in [6, 6.07) is 0. The molecule has 0 aliphatic carbocycles. The van der Waals surface area contributed by atoms with Crippen molar-refractivity contribution in [1.29, 1.82) is 0 Å². The molecule has 2 aliphatic heterocycles. The van der Waals surface area contributed by atoms with Gasteiger partial charge in [0.05, 0.1) is 19.1 Å². The molecule has 0 amide bonds. The standard InChI is InChI=1S/C11H11N6O6P.Na/c18-7-8-5(3-21-24(19,20)23-8)22-11(7)16-4-13-6-9-12-1-2-17(9)15-14-10(6)16;/h1-2,4-5,7-8,11,18H,3H2,(H,19,20);/q;+1/p-1/t5-,7-,8-,11-;/m1./s1. The number of phosphoric ester groups is 1. The summed E-state index contributed by atoms with van der Waals surface area (Å²) in [6.45, 7) is -0.220. The van der Waals surface area contributed by atoms with Crippen molar-refractivity contribution in [3.8, 4) is 0 Å². The largest absolute Gasteiger partial charge is 1.00 e. The van der Waals surface area contributed by atoms with E-state index in [1.54, 1.807) is 12.4 Å². The second kappa shape index (κ2) is 6.05. The van der Waals surface area contributed by atoms with E-state index in [4.69, 9.17) is 9.26 Å². The first kappa shape index (κ1) is 17.5. The Morgan fingerprint density at radius 3 is 3.04 bits per heavy atom. The van der Waals surface area contributed by atoms with E-state index >= 15 is 0 Å². The van der Waals surface area contributed by atoms with Crippen LogP contribution in [-0.2, 0) is 18.3 Å². The number of ether oxygens (including phenoxy) is 1. The number of aromatic nitrogens is 6. The van der Waals surface area contributed by atoms with Gasteiger partial charge in [-0.3, -0.25) is 9.13 Å². The predicted molar refractivity (Wildman–Crippen MR) is 72.4 cm³/mol. The number of hydrogen-bond donors (Lipinski definition) is 1. The molecule has 0 spiro atoms. The van der Waals surface area contributed by atoms with E-state index in [1.165, 1.54) is 15.4 Å². The van der Waals surface area contributed by atoms with Crippen molar-refractivity contribution in [2.24, 2.45) is 0 Å². The van der Waals surface area contributed by atoms with Crippen LogP contribution >= 0.6 is 7.82 Å². The van der Waals surface area contributed by atoms with Crippen molar-refractivity contribution < 1.29 is 57.9 Å². The first-order valence-corrected chi connectivity index (χ1v) is 8.50. The van der Waals surface area contributed by atoms with Crippen molar-refractivity contribution in [3.63, 3.8) is 0 Å². The van der Waals surface area contributed by atoms with Crippen LogP contribution in [-0.4, -0.2) is 59.4 Å². The summed E-state index contributed by atoms with van der Waals surface area (Å²) in [6.07, 6.45) is 0.683. The van der Waals surface area contributed by atoms with Crippen LogP contribution in [0.15, 0.2) is 18.7 Å². The Bertz CT molecular complexity index is 994. The van der Waals surface area contributed by atoms with Gasteiger partial charge in [-0.2, -0.15) is 0 Å². The van der Waals surface area contributed by atoms with Crippen molar-refractivity contribution >= 4 is 24.6 Å². The molecule has 12 nitrogen and oxygen atoms in total. The van der Waals surface area contributed by atoms with Crippen LogP contribution in [0.4, 0.5) is 0 Å². The molecular weight excluding hydrogens is 366 g/mol. The zero-order valence-corrected chi connectivity index (χ0v) is 15.8. The van der Waals surface area contributed by atoms with Gasteiger partial charge in [0.15, 0.2) is 23.0 Å². The molecule has 2 aliphatic rings. The van der Waals surface area contributed by atoms with E-state index in [9.17, 15) is 14.6 Å². The molecule has 5 rings (SSSR count). The minimum Gasteiger partial charge on any atom is -0.756 e. The molecule has 2 saturated heterocycles. The molecule has 126 valence electrons. The Labute approximate surface area is 161 Å². The average Bonchev–Trinajstić information content (AvgIpc) is 3.23. The van der Waals surface area contributed by atoms with E-state index in [0.29, 0.717) is 16.8 Å². The van der Waals surface area contributed by atoms with Crippen LogP contribution in [0.5, 0.6) is 0 Å². The smallest absolute Gasteiger partial charge is 0.756 e. The Morgan fingerprint density at radius 2 is 2.20 bits per heavy atom. The van der Waals surface area contributed by atoms with Gasteiger partial charge in [0, 0.05) is 6.20 Å². The van der Waals surface area contributed by atoms with Crippen molar-refractivity contribution in [2.45, 2.75) is 24.5 Å². The van der Waals surface area contributed by atoms with Gasteiger partial charge in [0.1, 0.15) is 18.3 Å². The van der Waals surface area contributed by atoms with Crippen LogP contribution in [0.2, 0.25) is 0 Å². The number of aliphatic hydroxyl groups excluding tert-OH is 1. The van der Waals surface area contributed by atoms with Gasteiger partial charge in [-0.15, -0.1) is 5.10 Å². The monoisotopic (exact) mass is 376 g/mol. The molecule has 2 fully saturated rings. The van der Waals surface area contributed by atoms with Crippen LogP contribution in [0, 0.1) is 0 Å². The maximum absolute atomic E-state index is 11.4. The molecule has 5 atom stereocenters. The van der Waals surface area contributed by atoms with E-state index < -0.39 is 32.4 Å². The molecular formula is C11H10N6NaO6P. The van der Waals surface area contributed by atoms with Crippen LogP contribution < -0.4 is 34.5 Å². The molecule has 5 heterocycles. The minimum absolute atomic E-state index is 0. The first-order valence-electron chi connectivity index (χ1n) is 7.03. The molecule has 0 radical (unpaired) electrons. The Hall–Kier alpha value is -0.950. The number of rotatable bonds is 1. The quantitative estimate of drug-likeness (QED) is 0.326. The SMILES string of the molecule is O=P1([O-])OC[C@H]2O[C@@H](n3cnc4c3nnn3ccnc43)[C@H](O)[C@@H]2O1.[Na+]. The number of nitrogens with zero attached hydrogens (tertiary/aromatic N) is 6. The van der Waals surface area contributed by atoms with E-state index in [2.05, 4.69) is 24.8 Å². The normalized spacial score (nSPS) is 35.0. The molecule has 25 heavy (non-hydrogen) atoms. The number of imidazole rings is 2. The molecule has 0 saturated carbocycles. The fraction of sp³-hybridized carbons (Fsp3) is 0.455. The second-order valence-electron chi connectivity index (χ2n) is 5.48. The summed E-state index contributed by atoms with van der Waals surface area (Å²) in [5.74, 6) is 0. The summed E-state index contributed by atoms with van der Waals surface area (Å²) in [5.41, 5.74) is 1.34. The van der Waals surface area contributed by atoms with Crippen LogP contribution in [0.3, 0.4) is 0 Å². The predicted octanol–water partition coefficient (Wildman–Crippen LogP) is -4.38. The maximum atomic E-state index is 11.4. The summed E-state index contributed by atoms with van der Waals surface area (Å²) < 4.78 is 29.5. The maximum Gasteiger partial charge on any atom is 1.00 e. The fourth-order valence-corrected chi connectivity index (χ4v) is 3.93. The molecule has 3 aromatic heterocycles. The van der Waals surface area contributed by atoms with E-state index in [-0.39, 0.29) is 36.2 Å². The Kier molecular flexibility index (Phi) is 4.22. The van der Waals surface area contributed by atoms with Crippen LogP contribution in [0.1, 0.15) is 6.23 Å². The Morgan fingerprint density at radius 1 is 1.36 bits per heavy atom. The van der Waals surface area contributed by atoms with Gasteiger partial charge in [0.2, 0.25) is 0 Å². The van der Waals surface area contributed by atoms with Crippen LogP contribution in [0.25, 0.3) is 16.8 Å². The fourth-order valence-electron chi connectivity index (χ4n) is 2.98. The zero-order chi connectivity index (χ0) is 16.5. The zero-order valence-electron chi connectivity index (χ0n) is 12.9. The second-order valence-corrected chi connectivity index (χ2v) is 6.84. The third-order valence-corrected chi connectivity index (χ3v) is 5.04. The Balaban J connectivity index is 0.00000157. The van der Waals surface area contributed by atoms with E-state index in [1.807, 2.05) is 0 Å². The number of phosphoric acid groups is 1.